The van der Waals surface area contributed by atoms with Gasteiger partial charge in [0.1, 0.15) is 0 Å². The van der Waals surface area contributed by atoms with E-state index < -0.39 is 0 Å². The van der Waals surface area contributed by atoms with Gasteiger partial charge in [-0.15, -0.1) is 0 Å². The fourth-order valence-corrected chi connectivity index (χ4v) is 3.33. The van der Waals surface area contributed by atoms with Crippen molar-refractivity contribution in [3.63, 3.8) is 0 Å². The number of hydrogen-bond donors (Lipinski definition) is 1. The van der Waals surface area contributed by atoms with Crippen LogP contribution in [0.5, 0.6) is 0 Å². The fourth-order valence-electron chi connectivity index (χ4n) is 3.33. The number of nitrogens with one attached hydrogen (secondary N) is 1. The number of carbonyl (C=O) groups is 1. The average molecular weight is 368 g/mol. The molecular weight excluding hydrogens is 340 g/mol. The van der Waals surface area contributed by atoms with Crippen LogP contribution in [0.1, 0.15) is 38.7 Å². The molecule has 1 aromatic carbocycles. The van der Waals surface area contributed by atoms with Crippen LogP contribution in [0, 0.1) is 5.92 Å². The van der Waals surface area contributed by atoms with Gasteiger partial charge < -0.3 is 10.2 Å². The lowest BCUT2D eigenvalue weighted by Crippen LogP contribution is -2.43. The van der Waals surface area contributed by atoms with Crippen molar-refractivity contribution in [3.8, 4) is 0 Å². The zero-order valence-electron chi connectivity index (χ0n) is 16.1. The maximum Gasteiger partial charge on any atom is 0.269 e. The largest absolute Gasteiger partial charge is 0.370 e. The minimum Gasteiger partial charge on any atom is -0.370 e. The number of carbonyl (C=O) groups excluding carboxylic acids is 1. The first kappa shape index (κ1) is 19.1. The van der Waals surface area contributed by atoms with Gasteiger partial charge in [0.25, 0.3) is 5.56 Å². The lowest BCUT2D eigenvalue weighted by atomic mass is 9.95. The van der Waals surface area contributed by atoms with E-state index in [9.17, 15) is 9.59 Å². The second kappa shape index (κ2) is 8.84. The molecule has 1 unspecified atom stereocenters. The predicted molar refractivity (Wildman–Crippen MR) is 107 cm³/mol. The molecule has 1 aromatic heterocycles. The molecule has 1 saturated heterocycles. The first-order chi connectivity index (χ1) is 13.1. The highest BCUT2D eigenvalue weighted by molar-refractivity contribution is 5.79. The monoisotopic (exact) mass is 368 g/mol. The highest BCUT2D eigenvalue weighted by Crippen LogP contribution is 2.22. The van der Waals surface area contributed by atoms with E-state index in [1.165, 1.54) is 4.68 Å². The molecule has 2 heterocycles. The smallest absolute Gasteiger partial charge is 0.269 e. The number of amides is 1. The first-order valence-corrected chi connectivity index (χ1v) is 9.73. The molecule has 6 nitrogen and oxygen atoms in total. The van der Waals surface area contributed by atoms with Crippen LogP contribution in [-0.2, 0) is 11.3 Å². The molecule has 0 bridgehead atoms. The summed E-state index contributed by atoms with van der Waals surface area (Å²) in [5.74, 6) is 0.210. The summed E-state index contributed by atoms with van der Waals surface area (Å²) in [5.41, 5.74) is 1.78. The number of piperidine rings is 1. The average Bonchev–Trinajstić information content (AvgIpc) is 2.70. The lowest BCUT2D eigenvalue weighted by Gasteiger charge is -2.33. The number of anilines is 1. The molecule has 144 valence electrons. The van der Waals surface area contributed by atoms with Crippen LogP contribution >= 0.6 is 0 Å². The van der Waals surface area contributed by atoms with Crippen molar-refractivity contribution >= 4 is 11.6 Å². The van der Waals surface area contributed by atoms with Gasteiger partial charge in [-0.3, -0.25) is 9.59 Å². The Morgan fingerprint density at radius 3 is 2.59 bits per heavy atom. The van der Waals surface area contributed by atoms with Gasteiger partial charge in [0, 0.05) is 31.1 Å². The summed E-state index contributed by atoms with van der Waals surface area (Å²) >= 11 is 0. The summed E-state index contributed by atoms with van der Waals surface area (Å²) < 4.78 is 1.48. The third kappa shape index (κ3) is 4.96. The van der Waals surface area contributed by atoms with E-state index in [-0.39, 0.29) is 23.4 Å². The number of nitrogens with zero attached hydrogens (tertiary/aromatic N) is 3. The van der Waals surface area contributed by atoms with Crippen LogP contribution in [-0.4, -0.2) is 34.8 Å². The van der Waals surface area contributed by atoms with Gasteiger partial charge in [-0.25, -0.2) is 4.68 Å². The van der Waals surface area contributed by atoms with E-state index in [0.29, 0.717) is 6.54 Å². The normalized spacial score (nSPS) is 16.1. The quantitative estimate of drug-likeness (QED) is 0.850. The maximum absolute atomic E-state index is 12.4. The van der Waals surface area contributed by atoms with Crippen molar-refractivity contribution in [2.75, 3.05) is 18.0 Å². The van der Waals surface area contributed by atoms with Gasteiger partial charge >= 0.3 is 0 Å². The summed E-state index contributed by atoms with van der Waals surface area (Å²) in [6.45, 7) is 6.10. The van der Waals surface area contributed by atoms with Crippen LogP contribution in [0.15, 0.2) is 47.4 Å². The molecule has 1 amide bonds. The van der Waals surface area contributed by atoms with Gasteiger partial charge in [-0.2, -0.15) is 5.10 Å². The number of hydrogen-bond acceptors (Lipinski definition) is 4. The van der Waals surface area contributed by atoms with Crippen molar-refractivity contribution in [2.45, 2.75) is 45.7 Å². The van der Waals surface area contributed by atoms with Gasteiger partial charge in [-0.05, 0) is 31.7 Å². The Labute approximate surface area is 160 Å². The van der Waals surface area contributed by atoms with Gasteiger partial charge in [0.2, 0.25) is 5.91 Å². The highest BCUT2D eigenvalue weighted by atomic mass is 16.2. The predicted octanol–water partition coefficient (Wildman–Crippen LogP) is 2.42. The number of rotatable bonds is 6. The van der Waals surface area contributed by atoms with Gasteiger partial charge in [0.05, 0.1) is 18.4 Å². The Morgan fingerprint density at radius 1 is 1.26 bits per heavy atom. The van der Waals surface area contributed by atoms with Crippen molar-refractivity contribution < 1.29 is 4.79 Å². The third-order valence-corrected chi connectivity index (χ3v) is 5.26. The summed E-state index contributed by atoms with van der Waals surface area (Å²) in [6, 6.07) is 11.7. The Kier molecular flexibility index (Phi) is 6.27. The molecule has 0 radical (unpaired) electrons. The first-order valence-electron chi connectivity index (χ1n) is 9.73. The van der Waals surface area contributed by atoms with Crippen molar-refractivity contribution in [1.82, 2.24) is 15.1 Å². The lowest BCUT2D eigenvalue weighted by molar-refractivity contribution is -0.126. The van der Waals surface area contributed by atoms with Crippen LogP contribution in [0.3, 0.4) is 0 Å². The van der Waals surface area contributed by atoms with Crippen LogP contribution in [0.25, 0.3) is 0 Å². The summed E-state index contributed by atoms with van der Waals surface area (Å²) in [7, 11) is 0. The van der Waals surface area contributed by atoms with Crippen molar-refractivity contribution in [1.29, 1.82) is 0 Å². The van der Waals surface area contributed by atoms with E-state index in [0.717, 1.165) is 43.6 Å². The Balaban J connectivity index is 1.59. The molecule has 6 heteroatoms. The third-order valence-electron chi connectivity index (χ3n) is 5.26. The second-order valence-electron chi connectivity index (χ2n) is 7.27. The summed E-state index contributed by atoms with van der Waals surface area (Å²) in [4.78, 5) is 26.9. The molecule has 1 aliphatic rings. The Hall–Kier alpha value is -2.63. The van der Waals surface area contributed by atoms with E-state index in [2.05, 4.69) is 22.2 Å². The van der Waals surface area contributed by atoms with E-state index >= 15 is 0 Å². The summed E-state index contributed by atoms with van der Waals surface area (Å²) in [6.07, 6.45) is 4.30. The summed E-state index contributed by atoms with van der Waals surface area (Å²) in [5, 5.41) is 7.41. The van der Waals surface area contributed by atoms with Crippen LogP contribution in [0.4, 0.5) is 5.69 Å². The Bertz CT molecular complexity index is 810. The second-order valence-corrected chi connectivity index (χ2v) is 7.27. The van der Waals surface area contributed by atoms with E-state index in [4.69, 9.17) is 0 Å². The zero-order valence-corrected chi connectivity index (χ0v) is 16.1. The van der Waals surface area contributed by atoms with Crippen LogP contribution in [0.2, 0.25) is 0 Å². The van der Waals surface area contributed by atoms with Crippen LogP contribution < -0.4 is 15.8 Å². The molecule has 0 spiro atoms. The number of benzene rings is 1. The minimum atomic E-state index is -0.104. The fraction of sp³-hybridized carbons (Fsp3) is 0.476. The van der Waals surface area contributed by atoms with Crippen molar-refractivity contribution in [2.24, 2.45) is 5.92 Å². The Morgan fingerprint density at radius 2 is 1.96 bits per heavy atom. The van der Waals surface area contributed by atoms with E-state index in [1.54, 1.807) is 12.3 Å². The maximum atomic E-state index is 12.4. The number of aromatic nitrogens is 2. The SMILES string of the molecule is CCC(C)NC(=O)C1CCN(c2cnn(Cc3ccccc3)c(=O)c2)CC1. The minimum absolute atomic E-state index is 0.0571. The molecule has 0 aliphatic carbocycles. The molecule has 1 N–H and O–H groups in total. The molecule has 2 aromatic rings. The van der Waals surface area contributed by atoms with Crippen molar-refractivity contribution in [3.05, 3.63) is 58.5 Å². The van der Waals surface area contributed by atoms with Gasteiger partial charge in [0.15, 0.2) is 0 Å². The standard InChI is InChI=1S/C21H28N4O2/c1-3-16(2)23-21(27)18-9-11-24(12-10-18)19-13-20(26)25(22-14-19)15-17-7-5-4-6-8-17/h4-8,13-14,16,18H,3,9-12,15H2,1-2H3,(H,23,27). The van der Waals surface area contributed by atoms with Gasteiger partial charge in [-0.1, -0.05) is 37.3 Å². The molecule has 0 saturated carbocycles. The molecule has 27 heavy (non-hydrogen) atoms. The molecular formula is C21H28N4O2. The molecule has 1 aliphatic heterocycles. The van der Waals surface area contributed by atoms with E-state index in [1.807, 2.05) is 37.3 Å². The molecule has 1 atom stereocenters. The highest BCUT2D eigenvalue weighted by Gasteiger charge is 2.26. The topological polar surface area (TPSA) is 67.2 Å². The zero-order chi connectivity index (χ0) is 19.2. The molecule has 3 rings (SSSR count). The molecule has 1 fully saturated rings.